The molecule has 1 aliphatic heterocycles. The predicted molar refractivity (Wildman–Crippen MR) is 98.9 cm³/mol. The number of methoxy groups -OCH3 is 1. The number of hydrogen-bond donors (Lipinski definition) is 0. The van der Waals surface area contributed by atoms with Gasteiger partial charge >= 0.3 is 11.9 Å². The molecule has 1 aromatic carbocycles. The molecule has 0 N–H and O–H groups in total. The van der Waals surface area contributed by atoms with Gasteiger partial charge in [-0.05, 0) is 31.9 Å². The zero-order chi connectivity index (χ0) is 19.6. The third-order valence-corrected chi connectivity index (χ3v) is 4.34. The molecular formula is C20H25NO6. The second kappa shape index (κ2) is 10.4. The molecule has 1 fully saturated rings. The minimum Gasteiger partial charge on any atom is -0.493 e. The average Bonchev–Trinajstić information content (AvgIpc) is 2.71. The number of hydrogen-bond acceptors (Lipinski definition) is 6. The molecule has 0 bridgehead atoms. The molecule has 27 heavy (non-hydrogen) atoms. The number of esters is 2. The molecule has 1 saturated heterocycles. The van der Waals surface area contributed by atoms with Crippen LogP contribution >= 0.6 is 0 Å². The Kier molecular flexibility index (Phi) is 7.85. The van der Waals surface area contributed by atoms with E-state index in [1.165, 1.54) is 13.2 Å². The first-order valence-corrected chi connectivity index (χ1v) is 8.97. The Labute approximate surface area is 158 Å². The van der Waals surface area contributed by atoms with Gasteiger partial charge in [-0.2, -0.15) is 0 Å². The van der Waals surface area contributed by atoms with Crippen LogP contribution in [0.15, 0.2) is 30.3 Å². The largest absolute Gasteiger partial charge is 0.493 e. The Morgan fingerprint density at radius 1 is 1.19 bits per heavy atom. The number of amides is 1. The minimum absolute atomic E-state index is 0.171. The van der Waals surface area contributed by atoms with Crippen molar-refractivity contribution in [3.05, 3.63) is 35.9 Å². The molecule has 0 saturated carbocycles. The van der Waals surface area contributed by atoms with Crippen LogP contribution in [0.4, 0.5) is 0 Å². The molecule has 0 radical (unpaired) electrons. The van der Waals surface area contributed by atoms with Crippen LogP contribution in [0, 0.1) is 5.92 Å². The average molecular weight is 375 g/mol. The van der Waals surface area contributed by atoms with Gasteiger partial charge in [0.15, 0.2) is 6.61 Å². The van der Waals surface area contributed by atoms with Gasteiger partial charge in [-0.15, -0.1) is 0 Å². The van der Waals surface area contributed by atoms with Crippen LogP contribution in [0.3, 0.4) is 0 Å². The summed E-state index contributed by atoms with van der Waals surface area (Å²) in [6.07, 6.45) is 3.98. The van der Waals surface area contributed by atoms with E-state index in [9.17, 15) is 14.4 Å². The normalized spacial score (nSPS) is 14.8. The van der Waals surface area contributed by atoms with Crippen LogP contribution in [0.5, 0.6) is 5.75 Å². The van der Waals surface area contributed by atoms with Crippen LogP contribution in [0.2, 0.25) is 0 Å². The predicted octanol–water partition coefficient (Wildman–Crippen LogP) is 2.05. The monoisotopic (exact) mass is 375 g/mol. The maximum Gasteiger partial charge on any atom is 0.331 e. The minimum atomic E-state index is -0.598. The summed E-state index contributed by atoms with van der Waals surface area (Å²) in [4.78, 5) is 37.1. The maximum atomic E-state index is 12.2. The van der Waals surface area contributed by atoms with Gasteiger partial charge in [-0.25, -0.2) is 4.79 Å². The van der Waals surface area contributed by atoms with E-state index in [-0.39, 0.29) is 24.4 Å². The molecule has 0 atom stereocenters. The molecule has 1 amide bonds. The lowest BCUT2D eigenvalue weighted by Crippen LogP contribution is -2.42. The molecule has 1 heterocycles. The molecule has 0 aliphatic carbocycles. The van der Waals surface area contributed by atoms with Crippen molar-refractivity contribution in [3.8, 4) is 5.75 Å². The van der Waals surface area contributed by atoms with Gasteiger partial charge in [-0.1, -0.05) is 18.2 Å². The molecule has 7 heteroatoms. The summed E-state index contributed by atoms with van der Waals surface area (Å²) in [5.74, 6) is -0.608. The van der Waals surface area contributed by atoms with Crippen LogP contribution in [0.1, 0.15) is 25.3 Å². The van der Waals surface area contributed by atoms with Crippen molar-refractivity contribution in [3.63, 3.8) is 0 Å². The topological polar surface area (TPSA) is 82.1 Å². The Morgan fingerprint density at radius 3 is 2.56 bits per heavy atom. The van der Waals surface area contributed by atoms with Crippen LogP contribution in [-0.2, 0) is 23.9 Å². The summed E-state index contributed by atoms with van der Waals surface area (Å²) in [6.45, 7) is 2.99. The van der Waals surface area contributed by atoms with Crippen LogP contribution in [0.25, 0.3) is 6.08 Å². The lowest BCUT2D eigenvalue weighted by atomic mass is 9.97. The number of rotatable bonds is 7. The summed E-state index contributed by atoms with van der Waals surface area (Å²) in [7, 11) is 1.36. The highest BCUT2D eigenvalue weighted by molar-refractivity contribution is 5.89. The van der Waals surface area contributed by atoms with E-state index in [0.717, 1.165) is 5.56 Å². The van der Waals surface area contributed by atoms with E-state index in [2.05, 4.69) is 0 Å². The van der Waals surface area contributed by atoms with Gasteiger partial charge in [0.05, 0.1) is 19.6 Å². The zero-order valence-corrected chi connectivity index (χ0v) is 15.7. The highest BCUT2D eigenvalue weighted by Gasteiger charge is 2.28. The van der Waals surface area contributed by atoms with Crippen molar-refractivity contribution in [1.29, 1.82) is 0 Å². The number of para-hydroxylation sites is 1. The molecule has 1 aromatic rings. The number of likely N-dealkylation sites (tertiary alicyclic amines) is 1. The van der Waals surface area contributed by atoms with Gasteiger partial charge in [0.1, 0.15) is 5.75 Å². The van der Waals surface area contributed by atoms with E-state index >= 15 is 0 Å². The van der Waals surface area contributed by atoms with Crippen molar-refractivity contribution in [1.82, 2.24) is 4.90 Å². The summed E-state index contributed by atoms with van der Waals surface area (Å²) >= 11 is 0. The summed E-state index contributed by atoms with van der Waals surface area (Å²) in [5, 5.41) is 0. The third-order valence-electron chi connectivity index (χ3n) is 4.34. The lowest BCUT2D eigenvalue weighted by molar-refractivity contribution is -0.151. The number of nitrogens with zero attached hydrogens (tertiary/aromatic N) is 1. The number of ether oxygens (including phenoxy) is 3. The summed E-state index contributed by atoms with van der Waals surface area (Å²) in [6, 6.07) is 7.33. The van der Waals surface area contributed by atoms with E-state index in [1.807, 2.05) is 31.2 Å². The highest BCUT2D eigenvalue weighted by Crippen LogP contribution is 2.20. The fraction of sp³-hybridized carbons (Fsp3) is 0.450. The fourth-order valence-corrected chi connectivity index (χ4v) is 2.87. The van der Waals surface area contributed by atoms with Gasteiger partial charge in [0.2, 0.25) is 0 Å². The quantitative estimate of drug-likeness (QED) is 0.536. The molecule has 1 aliphatic rings. The highest BCUT2D eigenvalue weighted by atomic mass is 16.5. The van der Waals surface area contributed by atoms with Crippen LogP contribution in [-0.4, -0.2) is 56.2 Å². The number of piperidine rings is 1. The zero-order valence-electron chi connectivity index (χ0n) is 15.7. The molecule has 0 unspecified atom stereocenters. The van der Waals surface area contributed by atoms with E-state index < -0.39 is 5.97 Å². The number of carbonyl (C=O) groups is 3. The van der Waals surface area contributed by atoms with Gasteiger partial charge in [0.25, 0.3) is 5.91 Å². The first-order valence-electron chi connectivity index (χ1n) is 8.97. The Balaban J connectivity index is 1.79. The molecule has 2 rings (SSSR count). The smallest absolute Gasteiger partial charge is 0.331 e. The van der Waals surface area contributed by atoms with Gasteiger partial charge in [-0.3, -0.25) is 9.59 Å². The number of carbonyl (C=O) groups excluding carboxylic acids is 3. The van der Waals surface area contributed by atoms with Crippen molar-refractivity contribution < 1.29 is 28.6 Å². The molecule has 0 spiro atoms. The fourth-order valence-electron chi connectivity index (χ4n) is 2.87. The maximum absolute atomic E-state index is 12.2. The van der Waals surface area contributed by atoms with Gasteiger partial charge < -0.3 is 19.1 Å². The second-order valence-corrected chi connectivity index (χ2v) is 6.09. The molecular weight excluding hydrogens is 350 g/mol. The molecule has 0 aromatic heterocycles. The van der Waals surface area contributed by atoms with E-state index in [4.69, 9.17) is 14.2 Å². The Morgan fingerprint density at radius 2 is 1.89 bits per heavy atom. The van der Waals surface area contributed by atoms with Crippen LogP contribution < -0.4 is 4.74 Å². The van der Waals surface area contributed by atoms with Gasteiger partial charge in [0, 0.05) is 24.7 Å². The van der Waals surface area contributed by atoms with E-state index in [1.54, 1.807) is 11.0 Å². The standard InChI is InChI=1S/C20H25NO6/c1-3-26-17-7-5-4-6-15(17)8-9-19(23)27-14-18(22)21-12-10-16(11-13-21)20(24)25-2/h4-9,16H,3,10-14H2,1-2H3/b9-8-. The first kappa shape index (κ1) is 20.5. The summed E-state index contributed by atoms with van der Waals surface area (Å²) in [5.41, 5.74) is 0.757. The third kappa shape index (κ3) is 6.13. The Bertz CT molecular complexity index is 691. The van der Waals surface area contributed by atoms with Crippen molar-refractivity contribution in [2.75, 3.05) is 33.4 Å². The first-order chi connectivity index (χ1) is 13.0. The van der Waals surface area contributed by atoms with Crippen molar-refractivity contribution in [2.45, 2.75) is 19.8 Å². The van der Waals surface area contributed by atoms with Crippen molar-refractivity contribution >= 4 is 23.9 Å². The van der Waals surface area contributed by atoms with Crippen molar-refractivity contribution in [2.24, 2.45) is 5.92 Å². The SMILES string of the molecule is CCOc1ccccc1/C=C\C(=O)OCC(=O)N1CCC(C(=O)OC)CC1. The van der Waals surface area contributed by atoms with E-state index in [0.29, 0.717) is 38.3 Å². The lowest BCUT2D eigenvalue weighted by Gasteiger charge is -2.30. The Hall–Kier alpha value is -2.83. The molecule has 146 valence electrons. The second-order valence-electron chi connectivity index (χ2n) is 6.09. The summed E-state index contributed by atoms with van der Waals surface area (Å²) < 4.78 is 15.2. The molecule has 7 nitrogen and oxygen atoms in total. The number of benzene rings is 1.